The highest BCUT2D eigenvalue weighted by molar-refractivity contribution is 7.98. The summed E-state index contributed by atoms with van der Waals surface area (Å²) in [5.74, 6) is -15.4. The smallest absolute Gasteiger partial charge is 0.328 e. The number of rotatable bonds is 39. The average Bonchev–Trinajstić information content (AvgIpc) is 1.79. The molecule has 0 radical (unpaired) electrons. The molecule has 2 rings (SSSR count). The molecule has 34 nitrogen and oxygen atoms in total. The number of aliphatic hydroxyl groups excluding tert-OH is 4. The van der Waals surface area contributed by atoms with E-state index in [0.29, 0.717) is 11.3 Å². The maximum atomic E-state index is 14.2. The van der Waals surface area contributed by atoms with Gasteiger partial charge in [0.1, 0.15) is 66.2 Å². The predicted octanol–water partition coefficient (Wildman–Crippen LogP) is -7.62. The Bertz CT molecular complexity index is 2790. The SMILES string of the molecule is CC[C@H](C)[C@H](NC(=O)[C@@H](NC(=O)[C@@H](NC(=O)[C@@H](N)CC(N)=O)[C@@H](C)O)[C@@H](C)O)C(=O)N[C@@H](CS)C(=O)N[C@@H](C)C(=O)NCC(=O)N[C@@H](Cc1ccc(O)cc1)C(=O)N[C@@H](CS)C(=O)N1CCC[C@H]1C(=O)N[C@H](C(=O)N[C@@H](CCSC)C(=O)N[C@H](C(=O)O)[C@@H](C)O)[C@@H](C)O. The van der Waals surface area contributed by atoms with Gasteiger partial charge in [-0.05, 0) is 89.5 Å². The van der Waals surface area contributed by atoms with E-state index >= 15 is 0 Å². The summed E-state index contributed by atoms with van der Waals surface area (Å²) in [5.41, 5.74) is 11.1. The van der Waals surface area contributed by atoms with Gasteiger partial charge in [-0.3, -0.25) is 62.3 Å². The second-order valence-corrected chi connectivity index (χ2v) is 24.1. The van der Waals surface area contributed by atoms with Crippen LogP contribution in [0.25, 0.3) is 0 Å². The number of thiol groups is 2. The summed E-state index contributed by atoms with van der Waals surface area (Å²) < 4.78 is 0. The molecule has 0 saturated carbocycles. The maximum Gasteiger partial charge on any atom is 0.328 e. The van der Waals surface area contributed by atoms with E-state index in [4.69, 9.17) is 11.5 Å². The second kappa shape index (κ2) is 39.9. The van der Waals surface area contributed by atoms with Gasteiger partial charge in [-0.1, -0.05) is 32.4 Å². The number of phenolic OH excluding ortho intramolecular Hbond substituents is 1. The molecule has 1 saturated heterocycles. The molecule has 1 aliphatic heterocycles. The molecule has 0 aromatic heterocycles. The van der Waals surface area contributed by atoms with Gasteiger partial charge in [0.15, 0.2) is 6.04 Å². The van der Waals surface area contributed by atoms with E-state index < -0.39 is 199 Å². The molecule has 1 aliphatic rings. The van der Waals surface area contributed by atoms with Crippen LogP contribution in [0.1, 0.15) is 86.1 Å². The Balaban J connectivity index is 2.21. The van der Waals surface area contributed by atoms with Gasteiger partial charge in [-0.2, -0.15) is 37.0 Å². The molecule has 1 aromatic carbocycles. The molecular formula is C56H90N14O20S3. The number of primary amides is 1. The minimum atomic E-state index is -1.80. The highest BCUT2D eigenvalue weighted by Crippen LogP contribution is 2.21. The molecule has 0 bridgehead atoms. The topological polar surface area (TPSA) is 548 Å². The Morgan fingerprint density at radius 3 is 1.56 bits per heavy atom. The molecule has 17 atom stereocenters. The summed E-state index contributed by atoms with van der Waals surface area (Å²) in [5, 5.41) is 86.8. The quantitative estimate of drug-likeness (QED) is 0.0272. The molecule has 1 aromatic rings. The van der Waals surface area contributed by atoms with Crippen molar-refractivity contribution in [2.75, 3.05) is 36.6 Å². The number of carbonyl (C=O) groups is 14. The minimum Gasteiger partial charge on any atom is -0.508 e. The number of nitrogens with zero attached hydrogens (tertiary/aromatic N) is 1. The van der Waals surface area contributed by atoms with E-state index in [2.05, 4.69) is 83.7 Å². The number of thioether (sulfide) groups is 1. The summed E-state index contributed by atoms with van der Waals surface area (Å²) in [6.45, 7) is 8.24. The van der Waals surface area contributed by atoms with E-state index in [9.17, 15) is 97.8 Å². The minimum absolute atomic E-state index is 0.0155. The lowest BCUT2D eigenvalue weighted by molar-refractivity contribution is -0.145. The van der Waals surface area contributed by atoms with Crippen LogP contribution in [0.4, 0.5) is 0 Å². The summed E-state index contributed by atoms with van der Waals surface area (Å²) in [6.07, 6.45) is -4.88. The van der Waals surface area contributed by atoms with Crippen LogP contribution in [-0.2, 0) is 73.5 Å². The largest absolute Gasteiger partial charge is 0.508 e. The first-order valence-corrected chi connectivity index (χ1v) is 32.3. The fourth-order valence-corrected chi connectivity index (χ4v) is 10.0. The predicted molar refractivity (Wildman–Crippen MR) is 341 cm³/mol. The van der Waals surface area contributed by atoms with E-state index in [1.54, 1.807) is 20.1 Å². The third kappa shape index (κ3) is 26.4. The Labute approximate surface area is 552 Å². The first kappa shape index (κ1) is 81.5. The number of carboxylic acids is 1. The molecule has 1 fully saturated rings. The van der Waals surface area contributed by atoms with Gasteiger partial charge in [-0.15, -0.1) is 0 Å². The van der Waals surface area contributed by atoms with E-state index in [1.807, 2.05) is 0 Å². The van der Waals surface area contributed by atoms with Crippen molar-refractivity contribution in [3.05, 3.63) is 29.8 Å². The van der Waals surface area contributed by atoms with Crippen LogP contribution in [0.2, 0.25) is 0 Å². The fourth-order valence-electron chi connectivity index (χ4n) is 9.07. The zero-order chi connectivity index (χ0) is 70.7. The van der Waals surface area contributed by atoms with Crippen LogP contribution in [-0.4, -0.2) is 252 Å². The first-order valence-electron chi connectivity index (χ1n) is 29.6. The van der Waals surface area contributed by atoms with Crippen molar-refractivity contribution in [3.8, 4) is 5.75 Å². The number of hydrogen-bond acceptors (Lipinski definition) is 23. The van der Waals surface area contributed by atoms with E-state index in [0.717, 1.165) is 25.7 Å². The highest BCUT2D eigenvalue weighted by atomic mass is 32.2. The summed E-state index contributed by atoms with van der Waals surface area (Å²) in [4.78, 5) is 187. The van der Waals surface area contributed by atoms with Gasteiger partial charge in [-0.25, -0.2) is 4.79 Å². The summed E-state index contributed by atoms with van der Waals surface area (Å²) >= 11 is 9.76. The number of nitrogens with one attached hydrogen (secondary N) is 11. The first-order chi connectivity index (χ1) is 43.5. The number of aliphatic carboxylic acids is 1. The van der Waals surface area contributed by atoms with Gasteiger partial charge in [0, 0.05) is 24.5 Å². The molecule has 37 heteroatoms. The van der Waals surface area contributed by atoms with Crippen molar-refractivity contribution in [1.29, 1.82) is 0 Å². The lowest BCUT2D eigenvalue weighted by Gasteiger charge is -2.31. The molecule has 1 heterocycles. The van der Waals surface area contributed by atoms with Crippen LogP contribution in [0.5, 0.6) is 5.75 Å². The summed E-state index contributed by atoms with van der Waals surface area (Å²) in [6, 6.07) is -12.8. The van der Waals surface area contributed by atoms with E-state index in [1.165, 1.54) is 49.9 Å². The van der Waals surface area contributed by atoms with Gasteiger partial charge in [0.25, 0.3) is 0 Å². The van der Waals surface area contributed by atoms with Gasteiger partial charge in [0.05, 0.1) is 43.4 Å². The Kier molecular flexibility index (Phi) is 35.0. The zero-order valence-electron chi connectivity index (χ0n) is 52.7. The van der Waals surface area contributed by atoms with Crippen LogP contribution >= 0.6 is 37.0 Å². The molecule has 522 valence electrons. The molecule has 0 unspecified atom stereocenters. The Hall–Kier alpha value is -7.55. The molecular weight excluding hydrogens is 1280 g/mol. The number of aliphatic hydroxyl groups is 4. The summed E-state index contributed by atoms with van der Waals surface area (Å²) in [7, 11) is 0. The molecule has 13 amide bonds. The van der Waals surface area contributed by atoms with Crippen molar-refractivity contribution in [2.45, 2.75) is 184 Å². The van der Waals surface area contributed by atoms with Crippen molar-refractivity contribution in [2.24, 2.45) is 17.4 Å². The van der Waals surface area contributed by atoms with Crippen molar-refractivity contribution in [1.82, 2.24) is 63.4 Å². The number of nitrogens with two attached hydrogens (primary N) is 2. The van der Waals surface area contributed by atoms with Crippen molar-refractivity contribution >= 4 is 120 Å². The number of carboxylic acid groups (broad SMARTS) is 1. The number of carbonyl (C=O) groups excluding carboxylic acids is 13. The maximum absolute atomic E-state index is 14.2. The zero-order valence-corrected chi connectivity index (χ0v) is 55.3. The lowest BCUT2D eigenvalue weighted by atomic mass is 9.97. The molecule has 93 heavy (non-hydrogen) atoms. The Morgan fingerprint density at radius 1 is 0.591 bits per heavy atom. The normalized spacial score (nSPS) is 18.0. The third-order valence-corrected chi connectivity index (χ3v) is 16.1. The highest BCUT2D eigenvalue weighted by Gasteiger charge is 2.42. The van der Waals surface area contributed by atoms with Crippen LogP contribution in [0.3, 0.4) is 0 Å². The van der Waals surface area contributed by atoms with Crippen molar-refractivity contribution < 1.29 is 97.8 Å². The molecule has 0 spiro atoms. The van der Waals surface area contributed by atoms with E-state index in [-0.39, 0.29) is 55.9 Å². The standard InChI is InChI=1S/C56H90N14O20S3/c1-9-24(2)40(65-53(86)43(28(6)73)68-54(87)42(27(5)72)66-46(79)32(57)20-38(58)76)51(84)63-35(22-91)49(82)60-25(3)45(78)59-21-39(77)61-34(19-30-12-14-31(75)15-13-30)48(81)64-36(23-92)55(88)70-17-10-11-37(70)50(83)67-41(26(4)71)52(85)62-33(16-18-93-8)47(80)69-44(29(7)74)56(89)90/h12-15,24-29,32-37,40-44,71-75,91-92H,9-11,16-23,57H2,1-8H3,(H2,58,76)(H,59,78)(H,60,82)(H,61,77)(H,62,85)(H,63,84)(H,64,81)(H,65,86)(H,66,79)(H,67,83)(H,68,87)(H,69,80)(H,89,90)/t24-,25-,26+,27+,28+,29+,32-,33-,34-,35-,36-,37-,40-,41-,42-,43-,44-/m0/s1. The average molecular weight is 1380 g/mol. The van der Waals surface area contributed by atoms with Crippen LogP contribution in [0.15, 0.2) is 24.3 Å². The Morgan fingerprint density at radius 2 is 1.05 bits per heavy atom. The van der Waals surface area contributed by atoms with Gasteiger partial charge >= 0.3 is 5.97 Å². The third-order valence-electron chi connectivity index (χ3n) is 14.7. The lowest BCUT2D eigenvalue weighted by Crippen LogP contribution is -2.63. The van der Waals surface area contributed by atoms with Crippen molar-refractivity contribution in [3.63, 3.8) is 0 Å². The molecule has 0 aliphatic carbocycles. The van der Waals surface area contributed by atoms with Gasteiger partial charge < -0.3 is 105 Å². The van der Waals surface area contributed by atoms with Crippen LogP contribution in [0, 0.1) is 5.92 Å². The number of hydrogen-bond donors (Lipinski definition) is 21. The van der Waals surface area contributed by atoms with Gasteiger partial charge in [0.2, 0.25) is 76.8 Å². The monoisotopic (exact) mass is 1370 g/mol. The number of phenols is 1. The second-order valence-electron chi connectivity index (χ2n) is 22.4. The number of aromatic hydroxyl groups is 1. The number of likely N-dealkylation sites (tertiary alicyclic amines) is 1. The molecule has 21 N–H and O–H groups in total. The number of amides is 13. The van der Waals surface area contributed by atoms with Crippen LogP contribution < -0.4 is 70.0 Å². The fraction of sp³-hybridized carbons (Fsp3) is 0.643. The number of benzene rings is 1.